The summed E-state index contributed by atoms with van der Waals surface area (Å²) in [5.74, 6) is 0. The van der Waals surface area contributed by atoms with Gasteiger partial charge in [-0.1, -0.05) is 0 Å². The van der Waals surface area contributed by atoms with Crippen molar-refractivity contribution >= 4 is 35.0 Å². The Morgan fingerprint density at radius 2 is 1.67 bits per heavy atom. The van der Waals surface area contributed by atoms with Gasteiger partial charge in [0.15, 0.2) is 0 Å². The fourth-order valence-corrected chi connectivity index (χ4v) is 1.84. The number of nitrogens with zero attached hydrogens (tertiary/aromatic N) is 1. The maximum absolute atomic E-state index is 3.00. The minimum atomic E-state index is 1.23. The molecule has 0 bridgehead atoms. The predicted molar refractivity (Wildman–Crippen MR) is 41.9 cm³/mol. The van der Waals surface area contributed by atoms with Crippen molar-refractivity contribution in [2.45, 2.75) is 19.3 Å². The van der Waals surface area contributed by atoms with Gasteiger partial charge in [-0.15, -0.1) is 0 Å². The van der Waals surface area contributed by atoms with Crippen molar-refractivity contribution in [1.82, 2.24) is 4.90 Å². The van der Waals surface area contributed by atoms with Crippen molar-refractivity contribution < 1.29 is 0 Å². The van der Waals surface area contributed by atoms with Crippen LogP contribution in [0.3, 0.4) is 0 Å². The van der Waals surface area contributed by atoms with E-state index < -0.39 is 0 Å². The first-order valence-corrected chi connectivity index (χ1v) is 4.98. The molecular weight excluding hydrogens is 244 g/mol. The minimum absolute atomic E-state index is 1.23. The monoisotopic (exact) mass is 256 g/mol. The molecule has 0 N–H and O–H groups in total. The van der Waals surface area contributed by atoms with Gasteiger partial charge in [-0.25, -0.2) is 0 Å². The van der Waals surface area contributed by atoms with Crippen molar-refractivity contribution in [3.63, 3.8) is 0 Å². The van der Waals surface area contributed by atoms with Crippen LogP contribution < -0.4 is 0 Å². The van der Waals surface area contributed by atoms with Crippen LogP contribution in [0.25, 0.3) is 0 Å². The van der Waals surface area contributed by atoms with Gasteiger partial charge in [-0.2, -0.15) is 0 Å². The van der Waals surface area contributed by atoms with Crippen LogP contribution in [0.1, 0.15) is 19.3 Å². The van der Waals surface area contributed by atoms with E-state index in [9.17, 15) is 0 Å². The van der Waals surface area contributed by atoms with Crippen molar-refractivity contribution in [3.05, 3.63) is 0 Å². The van der Waals surface area contributed by atoms with Crippen LogP contribution in [0.15, 0.2) is 0 Å². The zero-order valence-corrected chi connectivity index (χ0v) is 8.73. The summed E-state index contributed by atoms with van der Waals surface area (Å²) in [6.07, 6.45) is 4.11. The number of hydrogen-bond acceptors (Lipinski definition) is 1. The molecule has 0 unspecified atom stereocenters. The molecule has 1 aliphatic rings. The average molecular weight is 254 g/mol. The Balaban J connectivity index is 2.31. The SMILES string of the molecule is [Se]C(=[Se])N1CCCCC1. The summed E-state index contributed by atoms with van der Waals surface area (Å²) in [5, 5.41) is 0. The van der Waals surface area contributed by atoms with Crippen LogP contribution in [0, 0.1) is 0 Å². The summed E-state index contributed by atoms with van der Waals surface area (Å²) in [6, 6.07) is 0. The van der Waals surface area contributed by atoms with E-state index in [0.29, 0.717) is 0 Å². The fourth-order valence-electron chi connectivity index (χ4n) is 1.08. The van der Waals surface area contributed by atoms with Gasteiger partial charge in [0, 0.05) is 0 Å². The zero-order chi connectivity index (χ0) is 6.69. The first kappa shape index (κ1) is 7.81. The number of hydrogen-bond donors (Lipinski definition) is 0. The summed E-state index contributed by atoms with van der Waals surface area (Å²) >= 11 is 5.99. The van der Waals surface area contributed by atoms with Crippen molar-refractivity contribution in [1.29, 1.82) is 0 Å². The Labute approximate surface area is 72.4 Å². The quantitative estimate of drug-likeness (QED) is 0.590. The molecule has 0 aliphatic carbocycles. The Bertz CT molecular complexity index is 108. The summed E-state index contributed by atoms with van der Waals surface area (Å²) in [6.45, 7) is 2.46. The van der Waals surface area contributed by atoms with Gasteiger partial charge in [0.2, 0.25) is 0 Å². The molecule has 1 nitrogen and oxygen atoms in total. The summed E-state index contributed by atoms with van der Waals surface area (Å²) < 4.78 is 1.23. The maximum atomic E-state index is 3.00. The van der Waals surface area contributed by atoms with E-state index in [0.717, 1.165) is 0 Å². The Morgan fingerprint density at radius 1 is 1.11 bits per heavy atom. The second-order valence-electron chi connectivity index (χ2n) is 2.31. The van der Waals surface area contributed by atoms with E-state index in [4.69, 9.17) is 0 Å². The molecule has 9 heavy (non-hydrogen) atoms. The predicted octanol–water partition coefficient (Wildman–Crippen LogP) is -0.103. The van der Waals surface area contributed by atoms with Gasteiger partial charge < -0.3 is 0 Å². The van der Waals surface area contributed by atoms with Crippen molar-refractivity contribution in [2.24, 2.45) is 0 Å². The molecule has 1 aliphatic heterocycles. The first-order chi connectivity index (χ1) is 4.30. The molecule has 0 aromatic carbocycles. The first-order valence-electron chi connectivity index (χ1n) is 3.26. The molecule has 1 radical (unpaired) electrons. The zero-order valence-electron chi connectivity index (χ0n) is 5.30. The van der Waals surface area contributed by atoms with E-state index >= 15 is 0 Å². The molecule has 0 aromatic rings. The van der Waals surface area contributed by atoms with Gasteiger partial charge in [0.25, 0.3) is 0 Å². The van der Waals surface area contributed by atoms with Gasteiger partial charge in [0.05, 0.1) is 0 Å². The van der Waals surface area contributed by atoms with E-state index in [2.05, 4.69) is 36.5 Å². The molecule has 1 fully saturated rings. The molecule has 0 aromatic heterocycles. The molecule has 0 spiro atoms. The average Bonchev–Trinajstić information content (AvgIpc) is 1.90. The number of piperidine rings is 1. The van der Waals surface area contributed by atoms with Gasteiger partial charge in [0.1, 0.15) is 0 Å². The third-order valence-electron chi connectivity index (χ3n) is 1.61. The van der Waals surface area contributed by atoms with Gasteiger partial charge in [-0.3, -0.25) is 0 Å². The normalized spacial score (nSPS) is 19.8. The van der Waals surface area contributed by atoms with E-state index in [1.165, 1.54) is 35.8 Å². The summed E-state index contributed by atoms with van der Waals surface area (Å²) in [5.41, 5.74) is 0. The third kappa shape index (κ3) is 2.43. The molecule has 0 atom stereocenters. The Morgan fingerprint density at radius 3 is 2.00 bits per heavy atom. The van der Waals surface area contributed by atoms with Crippen molar-refractivity contribution in [2.75, 3.05) is 13.1 Å². The molecule has 51 valence electrons. The number of rotatable bonds is 1. The molecular formula is C6H10NSe2. The number of likely N-dealkylation sites (tertiary alicyclic amines) is 1. The van der Waals surface area contributed by atoms with Crippen LogP contribution in [0.5, 0.6) is 0 Å². The Kier molecular flexibility index (Phi) is 3.28. The van der Waals surface area contributed by atoms with E-state index in [1.54, 1.807) is 0 Å². The molecule has 1 rings (SSSR count). The third-order valence-corrected chi connectivity index (χ3v) is 2.70. The van der Waals surface area contributed by atoms with Gasteiger partial charge in [-0.05, 0) is 0 Å². The van der Waals surface area contributed by atoms with Crippen LogP contribution in [-0.2, 0) is 0 Å². The molecule has 3 heteroatoms. The van der Waals surface area contributed by atoms with Crippen LogP contribution in [0.4, 0.5) is 0 Å². The molecule has 0 amide bonds. The van der Waals surface area contributed by atoms with Crippen molar-refractivity contribution in [3.8, 4) is 0 Å². The second kappa shape index (κ2) is 3.78. The molecule has 0 saturated carbocycles. The summed E-state index contributed by atoms with van der Waals surface area (Å²) in [4.78, 5) is 2.36. The molecule has 1 heterocycles. The van der Waals surface area contributed by atoms with Crippen LogP contribution >= 0.6 is 0 Å². The topological polar surface area (TPSA) is 3.24 Å². The van der Waals surface area contributed by atoms with Crippen LogP contribution in [-0.4, -0.2) is 53.0 Å². The van der Waals surface area contributed by atoms with E-state index in [-0.39, 0.29) is 0 Å². The molecule has 1 saturated heterocycles. The summed E-state index contributed by atoms with van der Waals surface area (Å²) in [7, 11) is 0. The van der Waals surface area contributed by atoms with Gasteiger partial charge >= 0.3 is 72.3 Å². The standard InChI is InChI=1S/C6H10NSe2/c8-6(9)7-4-2-1-3-5-7/h1-5H2. The fraction of sp³-hybridized carbons (Fsp3) is 0.833. The van der Waals surface area contributed by atoms with Crippen LogP contribution in [0.2, 0.25) is 0 Å². The Hall–Kier alpha value is 0.709. The second-order valence-corrected chi connectivity index (χ2v) is 5.25. The van der Waals surface area contributed by atoms with E-state index in [1.807, 2.05) is 0 Å².